The molecule has 0 heterocycles. The lowest BCUT2D eigenvalue weighted by Crippen LogP contribution is -1.88. The molecule has 0 aliphatic carbocycles. The van der Waals surface area contributed by atoms with E-state index in [1.165, 1.54) is 11.1 Å². The van der Waals surface area contributed by atoms with Gasteiger partial charge < -0.3 is 0 Å². The highest BCUT2D eigenvalue weighted by Crippen LogP contribution is 2.15. The zero-order chi connectivity index (χ0) is 7.98. The standard InChI is InChI=1S/C8H12I2/c1-7(3-5-9)8(2)4-6-10/h1-6H2. The van der Waals surface area contributed by atoms with E-state index in [4.69, 9.17) is 0 Å². The molecular formula is C8H12I2. The summed E-state index contributed by atoms with van der Waals surface area (Å²) in [6.45, 7) is 7.91. The van der Waals surface area contributed by atoms with Crippen molar-refractivity contribution in [1.29, 1.82) is 0 Å². The molecular weight excluding hydrogens is 350 g/mol. The highest BCUT2D eigenvalue weighted by Gasteiger charge is 1.97. The van der Waals surface area contributed by atoms with E-state index in [0.29, 0.717) is 0 Å². The molecule has 0 fully saturated rings. The quantitative estimate of drug-likeness (QED) is 0.397. The molecule has 0 spiro atoms. The van der Waals surface area contributed by atoms with Crippen LogP contribution in [0.2, 0.25) is 0 Å². The third kappa shape index (κ3) is 4.71. The van der Waals surface area contributed by atoms with Crippen LogP contribution in [0.1, 0.15) is 12.8 Å². The first-order valence-corrected chi connectivity index (χ1v) is 6.25. The summed E-state index contributed by atoms with van der Waals surface area (Å²) in [4.78, 5) is 0. The number of hydrogen-bond donors (Lipinski definition) is 0. The lowest BCUT2D eigenvalue weighted by atomic mass is 10.1. The van der Waals surface area contributed by atoms with E-state index in [-0.39, 0.29) is 0 Å². The van der Waals surface area contributed by atoms with Crippen molar-refractivity contribution in [3.63, 3.8) is 0 Å². The molecule has 2 heteroatoms. The largest absolute Gasteiger partial charge is 0.0956 e. The van der Waals surface area contributed by atoms with Gasteiger partial charge in [-0.1, -0.05) is 69.5 Å². The van der Waals surface area contributed by atoms with Gasteiger partial charge in [0.15, 0.2) is 0 Å². The molecule has 0 rings (SSSR count). The Balaban J connectivity index is 3.60. The maximum atomic E-state index is 3.96. The topological polar surface area (TPSA) is 0 Å². The molecule has 0 unspecified atom stereocenters. The van der Waals surface area contributed by atoms with Gasteiger partial charge in [-0.15, -0.1) is 0 Å². The molecule has 0 radical (unpaired) electrons. The first kappa shape index (κ1) is 10.9. The third-order valence-electron chi connectivity index (χ3n) is 1.29. The molecule has 10 heavy (non-hydrogen) atoms. The highest BCUT2D eigenvalue weighted by atomic mass is 127. The highest BCUT2D eigenvalue weighted by molar-refractivity contribution is 14.1. The zero-order valence-electron chi connectivity index (χ0n) is 6.00. The monoisotopic (exact) mass is 362 g/mol. The second-order valence-corrected chi connectivity index (χ2v) is 4.24. The van der Waals surface area contributed by atoms with Crippen LogP contribution in [0, 0.1) is 0 Å². The van der Waals surface area contributed by atoms with E-state index in [1.807, 2.05) is 0 Å². The molecule has 0 saturated carbocycles. The van der Waals surface area contributed by atoms with Gasteiger partial charge in [0.2, 0.25) is 0 Å². The molecule has 0 N–H and O–H groups in total. The Bertz CT molecular complexity index is 111. The van der Waals surface area contributed by atoms with Crippen molar-refractivity contribution >= 4 is 45.2 Å². The molecule has 0 aliphatic heterocycles. The van der Waals surface area contributed by atoms with Crippen molar-refractivity contribution < 1.29 is 0 Å². The number of allylic oxidation sites excluding steroid dienone is 2. The van der Waals surface area contributed by atoms with Gasteiger partial charge in [0.25, 0.3) is 0 Å². The van der Waals surface area contributed by atoms with Crippen LogP contribution in [0.3, 0.4) is 0 Å². The van der Waals surface area contributed by atoms with Crippen molar-refractivity contribution in [1.82, 2.24) is 0 Å². The Hall–Kier alpha value is 0.940. The SMILES string of the molecule is C=C(CCI)C(=C)CCI. The lowest BCUT2D eigenvalue weighted by molar-refractivity contribution is 1.07. The first-order chi connectivity index (χ1) is 4.72. The Morgan fingerprint density at radius 1 is 0.900 bits per heavy atom. The van der Waals surface area contributed by atoms with Crippen LogP contribution in [0.4, 0.5) is 0 Å². The number of hydrogen-bond acceptors (Lipinski definition) is 0. The van der Waals surface area contributed by atoms with Crippen LogP contribution in [-0.4, -0.2) is 8.86 Å². The molecule has 0 saturated heterocycles. The van der Waals surface area contributed by atoms with Crippen molar-refractivity contribution in [3.8, 4) is 0 Å². The Kier molecular flexibility index (Phi) is 7.26. The Labute approximate surface area is 90.4 Å². The maximum Gasteiger partial charge on any atom is 0.00357 e. The van der Waals surface area contributed by atoms with Gasteiger partial charge >= 0.3 is 0 Å². The molecule has 0 atom stereocenters. The van der Waals surface area contributed by atoms with Gasteiger partial charge in [0, 0.05) is 8.86 Å². The van der Waals surface area contributed by atoms with E-state index in [1.54, 1.807) is 0 Å². The minimum Gasteiger partial charge on any atom is -0.0956 e. The predicted molar refractivity (Wildman–Crippen MR) is 65.3 cm³/mol. The van der Waals surface area contributed by atoms with E-state index < -0.39 is 0 Å². The molecule has 0 aromatic heterocycles. The minimum absolute atomic E-state index is 1.09. The average Bonchev–Trinajstić information content (AvgIpc) is 1.89. The van der Waals surface area contributed by atoms with E-state index >= 15 is 0 Å². The third-order valence-corrected chi connectivity index (χ3v) is 2.37. The summed E-state index contributed by atoms with van der Waals surface area (Å²) in [5, 5.41) is 0. The molecule has 0 nitrogen and oxygen atoms in total. The summed E-state index contributed by atoms with van der Waals surface area (Å²) in [6.07, 6.45) is 2.19. The lowest BCUT2D eigenvalue weighted by Gasteiger charge is -2.04. The maximum absolute atomic E-state index is 3.96. The van der Waals surface area contributed by atoms with Crippen LogP contribution in [-0.2, 0) is 0 Å². The fraction of sp³-hybridized carbons (Fsp3) is 0.500. The second kappa shape index (κ2) is 6.64. The fourth-order valence-electron chi connectivity index (χ4n) is 0.582. The zero-order valence-corrected chi connectivity index (χ0v) is 10.3. The summed E-state index contributed by atoms with van der Waals surface area (Å²) < 4.78 is 2.30. The second-order valence-electron chi connectivity index (χ2n) is 2.09. The molecule has 0 aliphatic rings. The molecule has 0 aromatic rings. The first-order valence-electron chi connectivity index (χ1n) is 3.20. The summed E-state index contributed by atoms with van der Waals surface area (Å²) in [6, 6.07) is 0. The Morgan fingerprint density at radius 3 is 1.40 bits per heavy atom. The summed E-state index contributed by atoms with van der Waals surface area (Å²) in [5.74, 6) is 0. The average molecular weight is 362 g/mol. The van der Waals surface area contributed by atoms with Crippen LogP contribution in [0.15, 0.2) is 24.3 Å². The van der Waals surface area contributed by atoms with Crippen LogP contribution in [0.5, 0.6) is 0 Å². The fourth-order valence-corrected chi connectivity index (χ4v) is 1.88. The molecule has 0 amide bonds. The summed E-state index contributed by atoms with van der Waals surface area (Å²) in [5.41, 5.74) is 2.46. The van der Waals surface area contributed by atoms with Crippen molar-refractivity contribution in [2.45, 2.75) is 12.8 Å². The summed E-state index contributed by atoms with van der Waals surface area (Å²) >= 11 is 4.72. The molecule has 0 bridgehead atoms. The predicted octanol–water partition coefficient (Wildman–Crippen LogP) is 3.75. The van der Waals surface area contributed by atoms with Gasteiger partial charge in [-0.3, -0.25) is 0 Å². The molecule has 58 valence electrons. The van der Waals surface area contributed by atoms with E-state index in [9.17, 15) is 0 Å². The van der Waals surface area contributed by atoms with Gasteiger partial charge in [-0.05, 0) is 12.8 Å². The number of halogens is 2. The van der Waals surface area contributed by atoms with Crippen LogP contribution in [0.25, 0.3) is 0 Å². The number of rotatable bonds is 5. The number of alkyl halides is 2. The summed E-state index contributed by atoms with van der Waals surface area (Å²) in [7, 11) is 0. The van der Waals surface area contributed by atoms with Gasteiger partial charge in [-0.2, -0.15) is 0 Å². The van der Waals surface area contributed by atoms with E-state index in [2.05, 4.69) is 58.3 Å². The van der Waals surface area contributed by atoms with Crippen molar-refractivity contribution in [3.05, 3.63) is 24.3 Å². The minimum atomic E-state index is 1.09. The van der Waals surface area contributed by atoms with Gasteiger partial charge in [0.1, 0.15) is 0 Å². The normalized spacial score (nSPS) is 9.40. The van der Waals surface area contributed by atoms with Gasteiger partial charge in [-0.25, -0.2) is 0 Å². The Morgan fingerprint density at radius 2 is 1.20 bits per heavy atom. The van der Waals surface area contributed by atoms with Crippen molar-refractivity contribution in [2.24, 2.45) is 0 Å². The smallest absolute Gasteiger partial charge is 0.00357 e. The van der Waals surface area contributed by atoms with Crippen LogP contribution >= 0.6 is 45.2 Å². The molecule has 0 aromatic carbocycles. The van der Waals surface area contributed by atoms with E-state index in [0.717, 1.165) is 21.7 Å². The van der Waals surface area contributed by atoms with Crippen molar-refractivity contribution in [2.75, 3.05) is 8.86 Å². The van der Waals surface area contributed by atoms with Gasteiger partial charge in [0.05, 0.1) is 0 Å². The van der Waals surface area contributed by atoms with Crippen LogP contribution < -0.4 is 0 Å².